The minimum Gasteiger partial charge on any atom is -0.338 e. The van der Waals surface area contributed by atoms with E-state index in [0.717, 1.165) is 24.1 Å². The highest BCUT2D eigenvalue weighted by atomic mass is 35.5. The smallest absolute Gasteiger partial charge is 0.252 e. The van der Waals surface area contributed by atoms with E-state index in [1.807, 2.05) is 18.2 Å². The molecular formula is C25H24ClFN4O2. The van der Waals surface area contributed by atoms with Crippen molar-refractivity contribution in [1.29, 1.82) is 0 Å². The van der Waals surface area contributed by atoms with Crippen LogP contribution >= 0.6 is 11.6 Å². The van der Waals surface area contributed by atoms with E-state index < -0.39 is 17.3 Å². The maximum Gasteiger partial charge on any atom is 0.252 e. The molecule has 1 aliphatic rings. The Morgan fingerprint density at radius 2 is 1.91 bits per heavy atom. The molecule has 0 unspecified atom stereocenters. The van der Waals surface area contributed by atoms with Crippen molar-refractivity contribution in [3.63, 3.8) is 0 Å². The number of hydrogen-bond acceptors (Lipinski definition) is 4. The van der Waals surface area contributed by atoms with Gasteiger partial charge in [-0.1, -0.05) is 23.7 Å². The van der Waals surface area contributed by atoms with E-state index in [0.29, 0.717) is 17.4 Å². The van der Waals surface area contributed by atoms with Crippen LogP contribution in [0.15, 0.2) is 60.8 Å². The van der Waals surface area contributed by atoms with Crippen molar-refractivity contribution in [1.82, 2.24) is 20.2 Å². The summed E-state index contributed by atoms with van der Waals surface area (Å²) in [6.45, 7) is 3.91. The molecule has 2 aromatic carbocycles. The van der Waals surface area contributed by atoms with Crippen molar-refractivity contribution in [3.05, 3.63) is 82.9 Å². The van der Waals surface area contributed by atoms with Crippen LogP contribution in [0.4, 0.5) is 4.39 Å². The number of carbonyl (C=O) groups excluding carboxylic acids is 2. The Labute approximate surface area is 196 Å². The number of benzene rings is 2. The first-order chi connectivity index (χ1) is 15.7. The minimum atomic E-state index is -1.16. The topological polar surface area (TPSA) is 75.2 Å². The third-order valence-electron chi connectivity index (χ3n) is 5.68. The van der Waals surface area contributed by atoms with E-state index in [4.69, 9.17) is 16.6 Å². The van der Waals surface area contributed by atoms with Gasteiger partial charge in [0.05, 0.1) is 11.7 Å². The van der Waals surface area contributed by atoms with E-state index in [-0.39, 0.29) is 17.5 Å². The zero-order valence-corrected chi connectivity index (χ0v) is 19.1. The van der Waals surface area contributed by atoms with Crippen molar-refractivity contribution in [2.45, 2.75) is 38.3 Å². The predicted molar refractivity (Wildman–Crippen MR) is 124 cm³/mol. The van der Waals surface area contributed by atoms with E-state index in [2.05, 4.69) is 10.3 Å². The average molecular weight is 467 g/mol. The molecule has 1 fully saturated rings. The Hall–Kier alpha value is -3.32. The first-order valence-electron chi connectivity index (χ1n) is 10.7. The summed E-state index contributed by atoms with van der Waals surface area (Å²) < 4.78 is 13.2. The number of nitrogens with one attached hydrogen (secondary N) is 1. The van der Waals surface area contributed by atoms with Crippen LogP contribution in [0.5, 0.6) is 0 Å². The molecule has 1 aromatic heterocycles. The lowest BCUT2D eigenvalue weighted by Crippen LogP contribution is -2.55. The maximum atomic E-state index is 13.5. The predicted octanol–water partition coefficient (Wildman–Crippen LogP) is 4.81. The lowest BCUT2D eigenvalue weighted by molar-refractivity contribution is -0.137. The van der Waals surface area contributed by atoms with Crippen LogP contribution < -0.4 is 5.32 Å². The molecule has 1 N–H and O–H groups in total. The summed E-state index contributed by atoms with van der Waals surface area (Å²) in [7, 11) is 0. The third kappa shape index (κ3) is 5.03. The van der Waals surface area contributed by atoms with E-state index in [9.17, 15) is 14.0 Å². The van der Waals surface area contributed by atoms with Crippen molar-refractivity contribution < 1.29 is 14.0 Å². The van der Waals surface area contributed by atoms with Gasteiger partial charge in [-0.3, -0.25) is 9.59 Å². The lowest BCUT2D eigenvalue weighted by atomic mass is 10.0. The summed E-state index contributed by atoms with van der Waals surface area (Å²) in [6, 6.07) is 14.1. The van der Waals surface area contributed by atoms with E-state index in [1.165, 1.54) is 24.3 Å². The second-order valence-electron chi connectivity index (χ2n) is 8.56. The first-order valence-corrected chi connectivity index (χ1v) is 11.1. The number of likely N-dealkylation sites (tertiary alicyclic amines) is 1. The lowest BCUT2D eigenvalue weighted by Gasteiger charge is -2.33. The monoisotopic (exact) mass is 466 g/mol. The molecule has 33 heavy (non-hydrogen) atoms. The Kier molecular flexibility index (Phi) is 6.42. The van der Waals surface area contributed by atoms with Crippen molar-refractivity contribution in [2.75, 3.05) is 6.54 Å². The zero-order valence-electron chi connectivity index (χ0n) is 18.4. The number of aromatic nitrogens is 2. The highest BCUT2D eigenvalue weighted by Gasteiger charge is 2.40. The minimum absolute atomic E-state index is 0.205. The van der Waals surface area contributed by atoms with Gasteiger partial charge in [0.2, 0.25) is 5.91 Å². The highest BCUT2D eigenvalue weighted by molar-refractivity contribution is 6.30. The molecule has 3 aromatic rings. The Balaban J connectivity index is 1.54. The van der Waals surface area contributed by atoms with Gasteiger partial charge in [-0.15, -0.1) is 0 Å². The molecule has 1 atom stereocenters. The first kappa shape index (κ1) is 22.9. The maximum absolute atomic E-state index is 13.5. The standard InChI is InChI=1S/C25H24ClFN4O2/c1-25(2,30-23(32)16-8-10-19(27)11-9-16)24(33)31-14-4-7-21(31)20-12-13-28-22(29-20)17-5-3-6-18(26)15-17/h3,5-6,8-13,15,21H,4,7,14H2,1-2H3,(H,30,32)/t21-/m0/s1. The highest BCUT2D eigenvalue weighted by Crippen LogP contribution is 2.33. The molecule has 0 spiro atoms. The molecule has 0 radical (unpaired) electrons. The number of amides is 2. The van der Waals surface area contributed by atoms with Gasteiger partial charge in [0.15, 0.2) is 5.82 Å². The van der Waals surface area contributed by atoms with Crippen molar-refractivity contribution >= 4 is 23.4 Å². The number of rotatable bonds is 5. The molecule has 0 aliphatic carbocycles. The Bertz CT molecular complexity index is 1180. The third-order valence-corrected chi connectivity index (χ3v) is 5.92. The van der Waals surface area contributed by atoms with Gasteiger partial charge in [-0.05, 0) is 69.2 Å². The van der Waals surface area contributed by atoms with Gasteiger partial charge in [0.1, 0.15) is 11.4 Å². The molecule has 0 bridgehead atoms. The quantitative estimate of drug-likeness (QED) is 0.585. The molecule has 0 saturated carbocycles. The molecule has 2 heterocycles. The van der Waals surface area contributed by atoms with Crippen LogP contribution in [0.2, 0.25) is 5.02 Å². The second-order valence-corrected chi connectivity index (χ2v) is 8.99. The fourth-order valence-electron chi connectivity index (χ4n) is 4.01. The van der Waals surface area contributed by atoms with Crippen LogP contribution in [-0.4, -0.2) is 38.8 Å². The molecule has 2 amide bonds. The molecule has 8 heteroatoms. The fraction of sp³-hybridized carbons (Fsp3) is 0.280. The summed E-state index contributed by atoms with van der Waals surface area (Å²) in [6.07, 6.45) is 3.27. The molecule has 1 saturated heterocycles. The number of hydrogen-bond donors (Lipinski definition) is 1. The van der Waals surface area contributed by atoms with Crippen molar-refractivity contribution in [2.24, 2.45) is 0 Å². The van der Waals surface area contributed by atoms with Gasteiger partial charge in [-0.25, -0.2) is 14.4 Å². The summed E-state index contributed by atoms with van der Waals surface area (Å²) in [5.41, 5.74) is 0.674. The van der Waals surface area contributed by atoms with E-state index in [1.54, 1.807) is 37.1 Å². The number of carbonyl (C=O) groups is 2. The fourth-order valence-corrected chi connectivity index (χ4v) is 4.20. The van der Waals surface area contributed by atoms with Gasteiger partial charge < -0.3 is 10.2 Å². The van der Waals surface area contributed by atoms with Crippen LogP contribution in [0, 0.1) is 5.82 Å². The molecule has 6 nitrogen and oxygen atoms in total. The summed E-state index contributed by atoms with van der Waals surface area (Å²) in [5.74, 6) is -0.528. The molecule has 4 rings (SSSR count). The summed E-state index contributed by atoms with van der Waals surface area (Å²) in [5, 5.41) is 3.38. The summed E-state index contributed by atoms with van der Waals surface area (Å²) in [4.78, 5) is 36.9. The Morgan fingerprint density at radius 1 is 1.15 bits per heavy atom. The second kappa shape index (κ2) is 9.27. The zero-order chi connectivity index (χ0) is 23.6. The van der Waals surface area contributed by atoms with Crippen LogP contribution in [0.1, 0.15) is 48.8 Å². The molecule has 1 aliphatic heterocycles. The number of nitrogens with zero attached hydrogens (tertiary/aromatic N) is 3. The summed E-state index contributed by atoms with van der Waals surface area (Å²) >= 11 is 6.11. The largest absolute Gasteiger partial charge is 0.338 e. The molecular weight excluding hydrogens is 443 g/mol. The van der Waals surface area contributed by atoms with Gasteiger partial charge >= 0.3 is 0 Å². The Morgan fingerprint density at radius 3 is 2.64 bits per heavy atom. The normalized spacial score (nSPS) is 16.0. The van der Waals surface area contributed by atoms with Crippen LogP contribution in [0.25, 0.3) is 11.4 Å². The van der Waals surface area contributed by atoms with Gasteiger partial charge in [0.25, 0.3) is 5.91 Å². The molecule has 170 valence electrons. The number of halogens is 2. The van der Waals surface area contributed by atoms with Crippen LogP contribution in [-0.2, 0) is 4.79 Å². The van der Waals surface area contributed by atoms with E-state index >= 15 is 0 Å². The van der Waals surface area contributed by atoms with Crippen molar-refractivity contribution in [3.8, 4) is 11.4 Å². The van der Waals surface area contributed by atoms with Gasteiger partial charge in [-0.2, -0.15) is 0 Å². The average Bonchev–Trinajstić information content (AvgIpc) is 3.28. The van der Waals surface area contributed by atoms with Gasteiger partial charge in [0, 0.05) is 28.9 Å². The SMILES string of the molecule is CC(C)(NC(=O)c1ccc(F)cc1)C(=O)N1CCC[C@H]1c1ccnc(-c2cccc(Cl)c2)n1. The van der Waals surface area contributed by atoms with Crippen LogP contribution in [0.3, 0.4) is 0 Å².